The number of hydrogen-bond acceptors (Lipinski definition) is 7. The monoisotopic (exact) mass is 476 g/mol. The van der Waals surface area contributed by atoms with Gasteiger partial charge in [0.1, 0.15) is 22.9 Å². The van der Waals surface area contributed by atoms with E-state index in [1.807, 2.05) is 0 Å². The average molecular weight is 477 g/mol. The van der Waals surface area contributed by atoms with Gasteiger partial charge in [0, 0.05) is 12.1 Å². The van der Waals surface area contributed by atoms with E-state index in [0.29, 0.717) is 28.8 Å². The molecule has 0 saturated carbocycles. The van der Waals surface area contributed by atoms with E-state index in [9.17, 15) is 4.79 Å². The normalized spacial score (nSPS) is 10.7. The van der Waals surface area contributed by atoms with E-state index in [-0.39, 0.29) is 6.54 Å². The highest BCUT2D eigenvalue weighted by atomic mass is 16.5. The second-order valence-electron chi connectivity index (χ2n) is 8.20. The Morgan fingerprint density at radius 2 is 1.47 bits per heavy atom. The fourth-order valence-electron chi connectivity index (χ4n) is 3.63. The number of carbonyl (C=O) groups excluding carboxylic acids is 1. The van der Waals surface area contributed by atoms with Gasteiger partial charge in [0.25, 0.3) is 0 Å². The summed E-state index contributed by atoms with van der Waals surface area (Å²) in [4.78, 5) is 14.0. The zero-order chi connectivity index (χ0) is 24.6. The zero-order valence-corrected chi connectivity index (χ0v) is 21.1. The topological polar surface area (TPSA) is 112 Å². The van der Waals surface area contributed by atoms with Gasteiger partial charge in [-0.3, -0.25) is 0 Å². The van der Waals surface area contributed by atoms with Gasteiger partial charge in [-0.2, -0.15) is 4.80 Å². The number of aromatic nitrogens is 4. The Kier molecular flexibility index (Phi) is 12.6. The van der Waals surface area contributed by atoms with Crippen LogP contribution in [0.5, 0.6) is 17.2 Å². The van der Waals surface area contributed by atoms with E-state index in [1.165, 1.54) is 65.6 Å². The molecule has 0 bridgehead atoms. The lowest BCUT2D eigenvalue weighted by Crippen LogP contribution is -2.29. The molecule has 1 aromatic carbocycles. The quantitative estimate of drug-likeness (QED) is 0.311. The Morgan fingerprint density at radius 1 is 0.882 bits per heavy atom. The summed E-state index contributed by atoms with van der Waals surface area (Å²) in [7, 11) is 4.56. The third-order valence-electron chi connectivity index (χ3n) is 5.57. The first-order chi connectivity index (χ1) is 16.6. The number of hydrogen-bond donors (Lipinski definition) is 2. The average Bonchev–Trinajstić information content (AvgIpc) is 3.31. The van der Waals surface area contributed by atoms with Crippen LogP contribution in [0, 0.1) is 0 Å². The molecule has 0 atom stereocenters. The van der Waals surface area contributed by atoms with E-state index in [2.05, 4.69) is 33.0 Å². The molecule has 0 unspecified atom stereocenters. The molecule has 2 rings (SSSR count). The fourth-order valence-corrected chi connectivity index (χ4v) is 3.63. The van der Waals surface area contributed by atoms with Crippen LogP contribution < -0.4 is 24.8 Å². The predicted molar refractivity (Wildman–Crippen MR) is 132 cm³/mol. The second kappa shape index (κ2) is 15.7. The standard InChI is InChI=1S/C24H40N6O4/c1-5-6-7-8-9-10-11-12-13-14-15-30-28-22(27-29-30)18-25-24(31)26-23-20(33-3)16-19(32-2)17-21(23)34-4/h16-17H,5-15,18H2,1-4H3,(H2,25,26,31). The lowest BCUT2D eigenvalue weighted by Gasteiger charge is -2.15. The van der Waals surface area contributed by atoms with E-state index >= 15 is 0 Å². The number of nitrogens with zero attached hydrogens (tertiary/aromatic N) is 4. The van der Waals surface area contributed by atoms with Crippen LogP contribution in [-0.2, 0) is 13.1 Å². The number of amides is 2. The van der Waals surface area contributed by atoms with Gasteiger partial charge in [-0.25, -0.2) is 4.79 Å². The van der Waals surface area contributed by atoms with Crippen molar-refractivity contribution >= 4 is 11.7 Å². The van der Waals surface area contributed by atoms with Crippen LogP contribution in [0.15, 0.2) is 12.1 Å². The van der Waals surface area contributed by atoms with Crippen molar-refractivity contribution in [1.29, 1.82) is 0 Å². The largest absolute Gasteiger partial charge is 0.496 e. The molecule has 10 heteroatoms. The first-order valence-corrected chi connectivity index (χ1v) is 12.2. The van der Waals surface area contributed by atoms with E-state index in [1.54, 1.807) is 24.0 Å². The SMILES string of the molecule is CCCCCCCCCCCCn1nnc(CNC(=O)Nc2c(OC)cc(OC)cc2OC)n1. The minimum absolute atomic E-state index is 0.157. The minimum atomic E-state index is -0.437. The second-order valence-corrected chi connectivity index (χ2v) is 8.20. The summed E-state index contributed by atoms with van der Waals surface area (Å²) in [5.74, 6) is 1.86. The lowest BCUT2D eigenvalue weighted by molar-refractivity contribution is 0.251. The summed E-state index contributed by atoms with van der Waals surface area (Å²) in [5, 5.41) is 17.9. The number of aryl methyl sites for hydroxylation is 1. The zero-order valence-electron chi connectivity index (χ0n) is 21.1. The molecule has 34 heavy (non-hydrogen) atoms. The third-order valence-corrected chi connectivity index (χ3v) is 5.57. The van der Waals surface area contributed by atoms with E-state index < -0.39 is 6.03 Å². The van der Waals surface area contributed by atoms with Gasteiger partial charge in [-0.05, 0) is 11.6 Å². The van der Waals surface area contributed by atoms with Crippen molar-refractivity contribution in [2.24, 2.45) is 0 Å². The van der Waals surface area contributed by atoms with Gasteiger partial charge >= 0.3 is 6.03 Å². The van der Waals surface area contributed by atoms with Crippen LogP contribution in [0.25, 0.3) is 0 Å². The molecule has 0 aliphatic carbocycles. The maximum absolute atomic E-state index is 12.4. The molecule has 0 aliphatic rings. The summed E-state index contributed by atoms with van der Waals surface area (Å²) in [5.41, 5.74) is 0.404. The fraction of sp³-hybridized carbons (Fsp3) is 0.667. The molecule has 2 amide bonds. The van der Waals surface area contributed by atoms with Gasteiger partial charge in [0.15, 0.2) is 5.82 Å². The number of ether oxygens (including phenoxy) is 3. The molecule has 2 aromatic rings. The number of tetrazole rings is 1. The van der Waals surface area contributed by atoms with E-state index in [4.69, 9.17) is 14.2 Å². The Hall–Kier alpha value is -3.04. The molecule has 0 spiro atoms. The summed E-state index contributed by atoms with van der Waals surface area (Å²) < 4.78 is 15.9. The number of urea groups is 1. The maximum Gasteiger partial charge on any atom is 0.319 e. The van der Waals surface area contributed by atoms with Crippen molar-refractivity contribution in [3.8, 4) is 17.2 Å². The molecule has 1 heterocycles. The van der Waals surface area contributed by atoms with Crippen molar-refractivity contribution in [3.05, 3.63) is 18.0 Å². The van der Waals surface area contributed by atoms with Crippen LogP contribution in [0.2, 0.25) is 0 Å². The molecule has 1 aromatic heterocycles. The number of anilines is 1. The molecular weight excluding hydrogens is 436 g/mol. The highest BCUT2D eigenvalue weighted by Crippen LogP contribution is 2.38. The summed E-state index contributed by atoms with van der Waals surface area (Å²) >= 11 is 0. The number of unbranched alkanes of at least 4 members (excludes halogenated alkanes) is 9. The van der Waals surface area contributed by atoms with Crippen LogP contribution in [0.4, 0.5) is 10.5 Å². The molecule has 0 saturated heterocycles. The number of carbonyl (C=O) groups is 1. The number of nitrogens with one attached hydrogen (secondary N) is 2. The Bertz CT molecular complexity index is 833. The van der Waals surface area contributed by atoms with Crippen LogP contribution >= 0.6 is 0 Å². The summed E-state index contributed by atoms with van der Waals surface area (Å²) in [6.07, 6.45) is 12.8. The predicted octanol–water partition coefficient (Wildman–Crippen LogP) is 4.94. The third kappa shape index (κ3) is 9.44. The van der Waals surface area contributed by atoms with Crippen molar-refractivity contribution in [3.63, 3.8) is 0 Å². The van der Waals surface area contributed by atoms with Crippen molar-refractivity contribution in [2.75, 3.05) is 26.6 Å². The maximum atomic E-state index is 12.4. The minimum Gasteiger partial charge on any atom is -0.496 e. The molecule has 2 N–H and O–H groups in total. The Labute approximate surface area is 202 Å². The van der Waals surface area contributed by atoms with Gasteiger partial charge in [-0.1, -0.05) is 64.7 Å². The Balaban J connectivity index is 1.69. The first-order valence-electron chi connectivity index (χ1n) is 12.2. The molecule has 0 aliphatic heterocycles. The number of rotatable bonds is 17. The number of methoxy groups -OCH3 is 3. The summed E-state index contributed by atoms with van der Waals surface area (Å²) in [6.45, 7) is 3.14. The molecular formula is C24H40N6O4. The van der Waals surface area contributed by atoms with Crippen LogP contribution in [0.1, 0.15) is 77.0 Å². The highest BCUT2D eigenvalue weighted by molar-refractivity contribution is 5.93. The van der Waals surface area contributed by atoms with Crippen LogP contribution in [0.3, 0.4) is 0 Å². The smallest absolute Gasteiger partial charge is 0.319 e. The lowest BCUT2D eigenvalue weighted by atomic mass is 10.1. The first kappa shape index (κ1) is 27.2. The van der Waals surface area contributed by atoms with Crippen molar-refractivity contribution in [2.45, 2.75) is 84.2 Å². The molecule has 190 valence electrons. The molecule has 0 fully saturated rings. The summed E-state index contributed by atoms with van der Waals surface area (Å²) in [6, 6.07) is 2.89. The van der Waals surface area contributed by atoms with Gasteiger partial charge in [0.2, 0.25) is 0 Å². The Morgan fingerprint density at radius 3 is 2.03 bits per heavy atom. The highest BCUT2D eigenvalue weighted by Gasteiger charge is 2.16. The molecule has 0 radical (unpaired) electrons. The van der Waals surface area contributed by atoms with Gasteiger partial charge in [-0.15, -0.1) is 10.2 Å². The van der Waals surface area contributed by atoms with Gasteiger partial charge < -0.3 is 24.8 Å². The molecule has 10 nitrogen and oxygen atoms in total. The van der Waals surface area contributed by atoms with E-state index in [0.717, 1.165) is 19.4 Å². The number of benzene rings is 1. The van der Waals surface area contributed by atoms with Crippen molar-refractivity contribution < 1.29 is 19.0 Å². The van der Waals surface area contributed by atoms with Crippen molar-refractivity contribution in [1.82, 2.24) is 25.5 Å². The van der Waals surface area contributed by atoms with Gasteiger partial charge in [0.05, 0.1) is 34.4 Å². The van der Waals surface area contributed by atoms with Crippen LogP contribution in [-0.4, -0.2) is 47.6 Å².